The highest BCUT2D eigenvalue weighted by atomic mass is 19.4. The van der Waals surface area contributed by atoms with E-state index in [1.807, 2.05) is 21.9 Å². The van der Waals surface area contributed by atoms with Crippen LogP contribution in [0.1, 0.15) is 24.8 Å². The summed E-state index contributed by atoms with van der Waals surface area (Å²) in [6, 6.07) is 4.11. The predicted octanol–water partition coefficient (Wildman–Crippen LogP) is 1.45. The van der Waals surface area contributed by atoms with Gasteiger partial charge in [-0.1, -0.05) is 0 Å². The number of fused-ring (bicyclic) bond motifs is 1. The monoisotopic (exact) mass is 417 g/mol. The Bertz CT molecular complexity index is 729. The first-order chi connectivity index (χ1) is 13.6. The summed E-state index contributed by atoms with van der Waals surface area (Å²) in [7, 11) is 1.53. The number of aromatic nitrogens is 1. The van der Waals surface area contributed by atoms with E-state index in [0.717, 1.165) is 18.4 Å². The van der Waals surface area contributed by atoms with Gasteiger partial charge < -0.3 is 19.6 Å². The second-order valence-electron chi connectivity index (χ2n) is 6.66. The summed E-state index contributed by atoms with van der Waals surface area (Å²) >= 11 is 0. The first-order valence-electron chi connectivity index (χ1n) is 8.92. The number of rotatable bonds is 4. The predicted molar refractivity (Wildman–Crippen MR) is 93.5 cm³/mol. The molecule has 3 rings (SSSR count). The minimum atomic E-state index is -5.08. The number of ether oxygens (including phenoxy) is 1. The number of piperidine rings is 1. The molecule has 2 aliphatic rings. The Hall–Kier alpha value is -2.69. The van der Waals surface area contributed by atoms with Crippen LogP contribution in [0, 0.1) is 0 Å². The van der Waals surface area contributed by atoms with Crippen LogP contribution >= 0.6 is 0 Å². The quantitative estimate of drug-likeness (QED) is 0.796. The Balaban J connectivity index is 0.000000370. The third-order valence-corrected chi connectivity index (χ3v) is 4.82. The maximum atomic E-state index is 12.3. The fourth-order valence-corrected chi connectivity index (χ4v) is 3.56. The summed E-state index contributed by atoms with van der Waals surface area (Å²) in [5, 5.41) is 7.12. The minimum absolute atomic E-state index is 0.0215. The van der Waals surface area contributed by atoms with E-state index >= 15 is 0 Å². The zero-order valence-corrected chi connectivity index (χ0v) is 15.8. The van der Waals surface area contributed by atoms with Crippen LogP contribution in [-0.2, 0) is 25.7 Å². The van der Waals surface area contributed by atoms with Crippen molar-refractivity contribution in [2.45, 2.75) is 44.1 Å². The number of carbonyl (C=O) groups is 3. The van der Waals surface area contributed by atoms with Crippen molar-refractivity contribution in [2.24, 2.45) is 0 Å². The molecule has 3 heterocycles. The first-order valence-corrected chi connectivity index (χ1v) is 8.92. The van der Waals surface area contributed by atoms with E-state index in [2.05, 4.69) is 4.98 Å². The molecule has 0 aliphatic carbocycles. The molecule has 0 unspecified atom stereocenters. The molecule has 0 bridgehead atoms. The molecule has 160 valence electrons. The van der Waals surface area contributed by atoms with Crippen molar-refractivity contribution in [3.63, 3.8) is 0 Å². The van der Waals surface area contributed by atoms with E-state index in [0.29, 0.717) is 19.5 Å². The fourth-order valence-electron chi connectivity index (χ4n) is 3.56. The normalized spacial score (nSPS) is 21.3. The van der Waals surface area contributed by atoms with Gasteiger partial charge >= 0.3 is 12.1 Å². The van der Waals surface area contributed by atoms with Gasteiger partial charge in [-0.05, 0) is 30.5 Å². The third kappa shape index (κ3) is 5.89. The molecular formula is C18H22F3N3O5. The highest BCUT2D eigenvalue weighted by Gasteiger charge is 2.44. The van der Waals surface area contributed by atoms with Crippen molar-refractivity contribution in [2.75, 3.05) is 20.3 Å². The van der Waals surface area contributed by atoms with Crippen molar-refractivity contribution < 1.29 is 37.4 Å². The van der Waals surface area contributed by atoms with Gasteiger partial charge in [-0.3, -0.25) is 14.6 Å². The summed E-state index contributed by atoms with van der Waals surface area (Å²) in [5.74, 6) is -2.56. The highest BCUT2D eigenvalue weighted by molar-refractivity contribution is 5.81. The number of nitrogens with zero attached hydrogens (tertiary/aromatic N) is 3. The van der Waals surface area contributed by atoms with Gasteiger partial charge in [0.05, 0.1) is 12.1 Å². The Kier molecular flexibility index (Phi) is 7.54. The second kappa shape index (κ2) is 9.68. The number of likely N-dealkylation sites (tertiary alicyclic amines) is 2. The molecule has 2 atom stereocenters. The van der Waals surface area contributed by atoms with Gasteiger partial charge in [-0.2, -0.15) is 13.2 Å². The molecule has 29 heavy (non-hydrogen) atoms. The number of methoxy groups -OCH3 is 1. The summed E-state index contributed by atoms with van der Waals surface area (Å²) in [6.07, 6.45) is 0.500. The summed E-state index contributed by atoms with van der Waals surface area (Å²) < 4.78 is 36.7. The van der Waals surface area contributed by atoms with E-state index in [-0.39, 0.29) is 30.5 Å². The van der Waals surface area contributed by atoms with Crippen LogP contribution in [0.3, 0.4) is 0 Å². The van der Waals surface area contributed by atoms with Crippen molar-refractivity contribution >= 4 is 17.8 Å². The lowest BCUT2D eigenvalue weighted by atomic mass is 9.95. The molecular weight excluding hydrogens is 395 g/mol. The number of carbonyl (C=O) groups excluding carboxylic acids is 2. The molecule has 11 heteroatoms. The molecule has 0 saturated carbocycles. The largest absolute Gasteiger partial charge is 0.490 e. The number of hydrogen-bond donors (Lipinski definition) is 1. The van der Waals surface area contributed by atoms with Crippen molar-refractivity contribution in [1.29, 1.82) is 0 Å². The lowest BCUT2D eigenvalue weighted by Crippen LogP contribution is -2.53. The number of alkyl halides is 3. The molecule has 2 saturated heterocycles. The Labute approximate surface area is 165 Å². The average molecular weight is 417 g/mol. The number of pyridine rings is 1. The van der Waals surface area contributed by atoms with Crippen LogP contribution in [-0.4, -0.2) is 76.2 Å². The molecule has 0 aromatic carbocycles. The average Bonchev–Trinajstić information content (AvgIpc) is 3.09. The molecule has 8 nitrogen and oxygen atoms in total. The number of halogens is 3. The second-order valence-corrected chi connectivity index (χ2v) is 6.66. The topological polar surface area (TPSA) is 100 Å². The van der Waals surface area contributed by atoms with Gasteiger partial charge in [-0.15, -0.1) is 0 Å². The van der Waals surface area contributed by atoms with Gasteiger partial charge in [0, 0.05) is 39.0 Å². The fraction of sp³-hybridized carbons (Fsp3) is 0.556. The van der Waals surface area contributed by atoms with Crippen molar-refractivity contribution in [3.8, 4) is 0 Å². The van der Waals surface area contributed by atoms with E-state index in [1.165, 1.54) is 7.11 Å². The highest BCUT2D eigenvalue weighted by Crippen LogP contribution is 2.32. The van der Waals surface area contributed by atoms with Crippen molar-refractivity contribution in [3.05, 3.63) is 30.1 Å². The van der Waals surface area contributed by atoms with Gasteiger partial charge in [-0.25, -0.2) is 4.79 Å². The van der Waals surface area contributed by atoms with Crippen LogP contribution < -0.4 is 0 Å². The van der Waals surface area contributed by atoms with Gasteiger partial charge in [0.2, 0.25) is 11.8 Å². The van der Waals surface area contributed by atoms with E-state index in [4.69, 9.17) is 14.6 Å². The smallest absolute Gasteiger partial charge is 0.475 e. The maximum absolute atomic E-state index is 12.3. The standard InChI is InChI=1S/C16H21N3O3.C2HF3O2/c1-22-11-16(21)18-9-6-14-13(18)2-3-15(20)19(14)10-12-4-7-17-8-5-12;3-2(4,5)1(6)7/h4-5,7-8,13-14H,2-3,6,9-11H2,1H3;(H,6,7)/t13-,14-;/m0./s1. The first kappa shape index (κ1) is 22.6. The van der Waals surface area contributed by atoms with Crippen LogP contribution in [0.15, 0.2) is 24.5 Å². The Morgan fingerprint density at radius 1 is 1.24 bits per heavy atom. The van der Waals surface area contributed by atoms with Crippen molar-refractivity contribution in [1.82, 2.24) is 14.8 Å². The Morgan fingerprint density at radius 2 is 1.86 bits per heavy atom. The summed E-state index contributed by atoms with van der Waals surface area (Å²) in [4.78, 5) is 41.2. The van der Waals surface area contributed by atoms with Crippen LogP contribution in [0.4, 0.5) is 13.2 Å². The molecule has 1 aromatic heterocycles. The molecule has 2 aliphatic heterocycles. The minimum Gasteiger partial charge on any atom is -0.475 e. The molecule has 1 aromatic rings. The van der Waals surface area contributed by atoms with Crippen LogP contribution in [0.2, 0.25) is 0 Å². The number of amides is 2. The zero-order chi connectivity index (χ0) is 21.6. The van der Waals surface area contributed by atoms with Gasteiger partial charge in [0.25, 0.3) is 0 Å². The van der Waals surface area contributed by atoms with Gasteiger partial charge in [0.1, 0.15) is 6.61 Å². The lowest BCUT2D eigenvalue weighted by Gasteiger charge is -2.39. The summed E-state index contributed by atoms with van der Waals surface area (Å²) in [5.41, 5.74) is 1.07. The molecule has 0 spiro atoms. The van der Waals surface area contributed by atoms with E-state index in [1.54, 1.807) is 12.4 Å². The van der Waals surface area contributed by atoms with E-state index in [9.17, 15) is 22.8 Å². The number of aliphatic carboxylic acids is 1. The molecule has 2 fully saturated rings. The third-order valence-electron chi connectivity index (χ3n) is 4.82. The molecule has 1 N–H and O–H groups in total. The van der Waals surface area contributed by atoms with Crippen LogP contribution in [0.5, 0.6) is 0 Å². The molecule has 2 amide bonds. The van der Waals surface area contributed by atoms with Crippen LogP contribution in [0.25, 0.3) is 0 Å². The van der Waals surface area contributed by atoms with E-state index < -0.39 is 12.1 Å². The lowest BCUT2D eigenvalue weighted by molar-refractivity contribution is -0.192. The SMILES string of the molecule is COCC(=O)N1CC[C@H]2[C@@H]1CCC(=O)N2Cc1ccncc1.O=C(O)C(F)(F)F. The number of hydrogen-bond acceptors (Lipinski definition) is 5. The summed E-state index contributed by atoms with van der Waals surface area (Å²) in [6.45, 7) is 1.41. The Morgan fingerprint density at radius 3 is 2.41 bits per heavy atom. The number of carboxylic acids is 1. The zero-order valence-electron chi connectivity index (χ0n) is 15.8. The maximum Gasteiger partial charge on any atom is 0.490 e. The van der Waals surface area contributed by atoms with Gasteiger partial charge in [0.15, 0.2) is 0 Å². The molecule has 0 radical (unpaired) electrons. The number of carboxylic acid groups (broad SMARTS) is 1.